The SMILES string of the molecule is C[C@@H](OC(=O)CCc1c[nH]c2ccccc12)C(=O)NC1CC1. The first kappa shape index (κ1) is 14.6. The zero-order chi connectivity index (χ0) is 15.5. The molecule has 0 unspecified atom stereocenters. The van der Waals surface area contributed by atoms with E-state index in [2.05, 4.69) is 10.3 Å². The number of hydrogen-bond donors (Lipinski definition) is 2. The van der Waals surface area contributed by atoms with Crippen LogP contribution >= 0.6 is 0 Å². The lowest BCUT2D eigenvalue weighted by atomic mass is 10.1. The monoisotopic (exact) mass is 300 g/mol. The lowest BCUT2D eigenvalue weighted by Gasteiger charge is -2.13. The van der Waals surface area contributed by atoms with Crippen molar-refractivity contribution in [2.75, 3.05) is 0 Å². The van der Waals surface area contributed by atoms with Crippen molar-refractivity contribution in [3.63, 3.8) is 0 Å². The van der Waals surface area contributed by atoms with Gasteiger partial charge in [0.2, 0.25) is 0 Å². The second-order valence-corrected chi connectivity index (χ2v) is 5.77. The molecule has 0 aliphatic heterocycles. The van der Waals surface area contributed by atoms with Crippen molar-refractivity contribution >= 4 is 22.8 Å². The molecule has 22 heavy (non-hydrogen) atoms. The molecule has 1 atom stereocenters. The average Bonchev–Trinajstić information content (AvgIpc) is 3.23. The summed E-state index contributed by atoms with van der Waals surface area (Å²) in [5.41, 5.74) is 2.14. The number of esters is 1. The van der Waals surface area contributed by atoms with E-state index in [0.717, 1.165) is 29.3 Å². The third-order valence-corrected chi connectivity index (χ3v) is 3.87. The van der Waals surface area contributed by atoms with Gasteiger partial charge in [-0.25, -0.2) is 0 Å². The molecule has 0 spiro atoms. The van der Waals surface area contributed by atoms with Crippen molar-refractivity contribution in [1.82, 2.24) is 10.3 Å². The number of aromatic nitrogens is 1. The van der Waals surface area contributed by atoms with Crippen molar-refractivity contribution in [3.8, 4) is 0 Å². The van der Waals surface area contributed by atoms with Crippen molar-refractivity contribution < 1.29 is 14.3 Å². The first-order valence-electron chi connectivity index (χ1n) is 7.68. The number of carbonyl (C=O) groups is 2. The number of aromatic amines is 1. The molecule has 1 heterocycles. The maximum atomic E-state index is 11.9. The molecule has 3 rings (SSSR count). The van der Waals surface area contributed by atoms with Crippen LogP contribution in [0.4, 0.5) is 0 Å². The van der Waals surface area contributed by atoms with Gasteiger partial charge >= 0.3 is 5.97 Å². The molecule has 1 aromatic heterocycles. The predicted octanol–water partition coefficient (Wildman–Crippen LogP) is 2.31. The predicted molar refractivity (Wildman–Crippen MR) is 83.3 cm³/mol. The van der Waals surface area contributed by atoms with E-state index < -0.39 is 6.10 Å². The summed E-state index contributed by atoms with van der Waals surface area (Å²) in [5, 5.41) is 3.95. The summed E-state index contributed by atoms with van der Waals surface area (Å²) in [6, 6.07) is 8.25. The van der Waals surface area contributed by atoms with Gasteiger partial charge in [-0.15, -0.1) is 0 Å². The van der Waals surface area contributed by atoms with E-state index in [9.17, 15) is 9.59 Å². The fourth-order valence-electron chi connectivity index (χ4n) is 2.43. The highest BCUT2D eigenvalue weighted by Gasteiger charge is 2.27. The van der Waals surface area contributed by atoms with Crippen LogP contribution in [0.2, 0.25) is 0 Å². The van der Waals surface area contributed by atoms with Gasteiger partial charge in [-0.2, -0.15) is 0 Å². The van der Waals surface area contributed by atoms with Crippen LogP contribution in [-0.2, 0) is 20.7 Å². The molecule has 1 aliphatic rings. The lowest BCUT2D eigenvalue weighted by molar-refractivity contribution is -0.154. The molecule has 0 saturated heterocycles. The van der Waals surface area contributed by atoms with E-state index >= 15 is 0 Å². The Morgan fingerprint density at radius 3 is 2.91 bits per heavy atom. The molecule has 0 bridgehead atoms. The van der Waals surface area contributed by atoms with Gasteiger partial charge in [-0.1, -0.05) is 18.2 Å². The molecular formula is C17H20N2O3. The number of aryl methyl sites for hydroxylation is 1. The van der Waals surface area contributed by atoms with Crippen molar-refractivity contribution in [2.24, 2.45) is 0 Å². The number of H-pyrrole nitrogens is 1. The van der Waals surface area contributed by atoms with Gasteiger partial charge in [0.25, 0.3) is 5.91 Å². The number of rotatable bonds is 6. The Kier molecular flexibility index (Phi) is 4.13. The summed E-state index contributed by atoms with van der Waals surface area (Å²) in [6.07, 6.45) is 4.10. The number of hydrogen-bond acceptors (Lipinski definition) is 3. The molecule has 1 saturated carbocycles. The van der Waals surface area contributed by atoms with Crippen LogP contribution in [0.25, 0.3) is 10.9 Å². The van der Waals surface area contributed by atoms with E-state index in [4.69, 9.17) is 4.74 Å². The molecule has 116 valence electrons. The summed E-state index contributed by atoms with van der Waals surface area (Å²) in [6.45, 7) is 1.61. The first-order valence-corrected chi connectivity index (χ1v) is 7.68. The van der Waals surface area contributed by atoms with E-state index in [1.807, 2.05) is 30.5 Å². The standard InChI is InChI=1S/C17H20N2O3/c1-11(17(21)19-13-7-8-13)22-16(20)9-6-12-10-18-15-5-3-2-4-14(12)15/h2-5,10-11,13,18H,6-9H2,1H3,(H,19,21)/t11-/m1/s1. The molecule has 1 amide bonds. The smallest absolute Gasteiger partial charge is 0.306 e. The highest BCUT2D eigenvalue weighted by Crippen LogP contribution is 2.20. The van der Waals surface area contributed by atoms with Crippen LogP contribution in [-0.4, -0.2) is 29.0 Å². The van der Waals surface area contributed by atoms with Crippen LogP contribution in [0.1, 0.15) is 31.7 Å². The third kappa shape index (κ3) is 3.47. The van der Waals surface area contributed by atoms with Crippen LogP contribution in [0.15, 0.2) is 30.5 Å². The van der Waals surface area contributed by atoms with E-state index in [0.29, 0.717) is 6.42 Å². The zero-order valence-corrected chi connectivity index (χ0v) is 12.6. The number of benzene rings is 1. The molecule has 5 heteroatoms. The Labute approximate surface area is 129 Å². The fraction of sp³-hybridized carbons (Fsp3) is 0.412. The summed E-state index contributed by atoms with van der Waals surface area (Å²) < 4.78 is 5.19. The van der Waals surface area contributed by atoms with E-state index in [1.165, 1.54) is 0 Å². The molecular weight excluding hydrogens is 280 g/mol. The first-order chi connectivity index (χ1) is 10.6. The number of fused-ring (bicyclic) bond motifs is 1. The number of ether oxygens (including phenoxy) is 1. The Morgan fingerprint density at radius 1 is 1.36 bits per heavy atom. The molecule has 1 aromatic carbocycles. The van der Waals surface area contributed by atoms with Crippen molar-refractivity contribution in [3.05, 3.63) is 36.0 Å². The van der Waals surface area contributed by atoms with E-state index in [1.54, 1.807) is 6.92 Å². The Balaban J connectivity index is 1.50. The van der Waals surface area contributed by atoms with Gasteiger partial charge in [0.1, 0.15) is 0 Å². The minimum Gasteiger partial charge on any atom is -0.453 e. The zero-order valence-electron chi connectivity index (χ0n) is 12.6. The largest absolute Gasteiger partial charge is 0.453 e. The Morgan fingerprint density at radius 2 is 2.14 bits per heavy atom. The normalized spacial score (nSPS) is 15.5. The Bertz CT molecular complexity index is 688. The second kappa shape index (κ2) is 6.22. The Hall–Kier alpha value is -2.30. The molecule has 0 radical (unpaired) electrons. The maximum absolute atomic E-state index is 11.9. The number of para-hydroxylation sites is 1. The fourth-order valence-corrected chi connectivity index (χ4v) is 2.43. The van der Waals surface area contributed by atoms with Crippen LogP contribution < -0.4 is 5.32 Å². The summed E-state index contributed by atoms with van der Waals surface area (Å²) in [7, 11) is 0. The van der Waals surface area contributed by atoms with Crippen LogP contribution in [0, 0.1) is 0 Å². The molecule has 1 aliphatic carbocycles. The topological polar surface area (TPSA) is 71.2 Å². The third-order valence-electron chi connectivity index (χ3n) is 3.87. The summed E-state index contributed by atoms with van der Waals surface area (Å²) in [5.74, 6) is -0.549. The van der Waals surface area contributed by atoms with Gasteiger partial charge in [-0.05, 0) is 37.8 Å². The highest BCUT2D eigenvalue weighted by molar-refractivity contribution is 5.85. The molecule has 2 N–H and O–H groups in total. The molecule has 2 aromatic rings. The maximum Gasteiger partial charge on any atom is 0.306 e. The van der Waals surface area contributed by atoms with Gasteiger partial charge < -0.3 is 15.0 Å². The van der Waals surface area contributed by atoms with Gasteiger partial charge in [-0.3, -0.25) is 9.59 Å². The number of amides is 1. The number of nitrogens with one attached hydrogen (secondary N) is 2. The molecule has 5 nitrogen and oxygen atoms in total. The summed E-state index contributed by atoms with van der Waals surface area (Å²) in [4.78, 5) is 26.8. The van der Waals surface area contributed by atoms with Gasteiger partial charge in [0.05, 0.1) is 0 Å². The van der Waals surface area contributed by atoms with Crippen molar-refractivity contribution in [2.45, 2.75) is 44.8 Å². The quantitative estimate of drug-likeness (QED) is 0.804. The lowest BCUT2D eigenvalue weighted by Crippen LogP contribution is -2.37. The van der Waals surface area contributed by atoms with Gasteiger partial charge in [0.15, 0.2) is 6.10 Å². The second-order valence-electron chi connectivity index (χ2n) is 5.77. The average molecular weight is 300 g/mol. The van der Waals surface area contributed by atoms with Gasteiger partial charge in [0, 0.05) is 29.6 Å². The highest BCUT2D eigenvalue weighted by atomic mass is 16.5. The number of carbonyl (C=O) groups excluding carboxylic acids is 2. The minimum atomic E-state index is -0.726. The summed E-state index contributed by atoms with van der Waals surface area (Å²) >= 11 is 0. The molecule has 1 fully saturated rings. The minimum absolute atomic E-state index is 0.206. The van der Waals surface area contributed by atoms with E-state index in [-0.39, 0.29) is 24.3 Å². The van der Waals surface area contributed by atoms with Crippen LogP contribution in [0.5, 0.6) is 0 Å². The van der Waals surface area contributed by atoms with Crippen molar-refractivity contribution in [1.29, 1.82) is 0 Å². The van der Waals surface area contributed by atoms with Crippen LogP contribution in [0.3, 0.4) is 0 Å².